The number of furan rings is 1. The summed E-state index contributed by atoms with van der Waals surface area (Å²) < 4.78 is 7.28. The van der Waals surface area contributed by atoms with Crippen LogP contribution in [0.15, 0.2) is 39.8 Å². The third kappa shape index (κ3) is 2.22. The van der Waals surface area contributed by atoms with Crippen molar-refractivity contribution in [3.05, 3.63) is 46.9 Å². The standard InChI is InChI=1S/C14H10N4O2S2/c1-8-2-3-11(20-8)9-5-22-14(16-9)17-13(19)10-6-21-12-4-15-7-18(10)12/h2-7H,1H3,(H,16,17,19). The third-order valence-electron chi connectivity index (χ3n) is 3.11. The highest BCUT2D eigenvalue weighted by Crippen LogP contribution is 2.27. The van der Waals surface area contributed by atoms with E-state index in [1.54, 1.807) is 22.3 Å². The number of hydrogen-bond donors (Lipinski definition) is 1. The summed E-state index contributed by atoms with van der Waals surface area (Å²) >= 11 is 2.83. The Morgan fingerprint density at radius 3 is 3.05 bits per heavy atom. The smallest absolute Gasteiger partial charge is 0.275 e. The number of fused-ring (bicyclic) bond motifs is 1. The number of aromatic nitrogens is 3. The lowest BCUT2D eigenvalue weighted by atomic mass is 10.4. The van der Waals surface area contributed by atoms with Crippen molar-refractivity contribution in [3.63, 3.8) is 0 Å². The number of anilines is 1. The predicted molar refractivity (Wildman–Crippen MR) is 85.6 cm³/mol. The predicted octanol–water partition coefficient (Wildman–Crippen LogP) is 3.67. The number of hydrogen-bond acceptors (Lipinski definition) is 6. The van der Waals surface area contributed by atoms with Crippen LogP contribution in [0, 0.1) is 6.92 Å². The summed E-state index contributed by atoms with van der Waals surface area (Å²) in [6.45, 7) is 1.88. The molecule has 0 aliphatic carbocycles. The molecule has 4 aromatic heterocycles. The van der Waals surface area contributed by atoms with Crippen LogP contribution in [0.3, 0.4) is 0 Å². The van der Waals surface area contributed by atoms with Crippen molar-refractivity contribution in [2.75, 3.05) is 5.32 Å². The largest absolute Gasteiger partial charge is 0.460 e. The van der Waals surface area contributed by atoms with Gasteiger partial charge in [-0.1, -0.05) is 0 Å². The molecule has 0 saturated heterocycles. The van der Waals surface area contributed by atoms with Crippen LogP contribution in [0.4, 0.5) is 5.13 Å². The number of nitrogens with zero attached hydrogens (tertiary/aromatic N) is 3. The molecule has 0 fully saturated rings. The maximum atomic E-state index is 12.3. The number of nitrogens with one attached hydrogen (secondary N) is 1. The number of thiazole rings is 2. The van der Waals surface area contributed by atoms with Crippen molar-refractivity contribution in [2.45, 2.75) is 6.92 Å². The van der Waals surface area contributed by atoms with Crippen LogP contribution >= 0.6 is 22.7 Å². The van der Waals surface area contributed by atoms with E-state index in [0.717, 1.165) is 10.6 Å². The molecular formula is C14H10N4O2S2. The Kier molecular flexibility index (Phi) is 3.05. The van der Waals surface area contributed by atoms with Gasteiger partial charge in [-0.25, -0.2) is 9.97 Å². The van der Waals surface area contributed by atoms with E-state index in [9.17, 15) is 4.79 Å². The van der Waals surface area contributed by atoms with E-state index < -0.39 is 0 Å². The van der Waals surface area contributed by atoms with E-state index in [-0.39, 0.29) is 5.91 Å². The van der Waals surface area contributed by atoms with Crippen molar-refractivity contribution in [3.8, 4) is 11.5 Å². The van der Waals surface area contributed by atoms with Gasteiger partial charge in [0, 0.05) is 10.8 Å². The summed E-state index contributed by atoms with van der Waals surface area (Å²) in [6, 6.07) is 3.75. The maximum Gasteiger partial charge on any atom is 0.275 e. The molecule has 0 atom stereocenters. The summed E-state index contributed by atoms with van der Waals surface area (Å²) in [5.41, 5.74) is 1.26. The lowest BCUT2D eigenvalue weighted by Gasteiger charge is -1.99. The SMILES string of the molecule is Cc1ccc(-c2csc(NC(=O)c3csc4cncn34)n2)o1. The molecule has 8 heteroatoms. The first-order valence-corrected chi connectivity index (χ1v) is 8.20. The van der Waals surface area contributed by atoms with Gasteiger partial charge < -0.3 is 4.42 Å². The first-order valence-electron chi connectivity index (χ1n) is 6.44. The van der Waals surface area contributed by atoms with Gasteiger partial charge >= 0.3 is 0 Å². The van der Waals surface area contributed by atoms with Crippen molar-refractivity contribution in [1.82, 2.24) is 14.4 Å². The van der Waals surface area contributed by atoms with Gasteiger partial charge in [0.25, 0.3) is 5.91 Å². The molecule has 0 aliphatic heterocycles. The molecule has 4 aromatic rings. The monoisotopic (exact) mass is 330 g/mol. The van der Waals surface area contributed by atoms with Crippen LogP contribution in [-0.2, 0) is 0 Å². The summed E-state index contributed by atoms with van der Waals surface area (Å²) in [6.07, 6.45) is 3.35. The highest BCUT2D eigenvalue weighted by Gasteiger charge is 2.15. The Morgan fingerprint density at radius 2 is 2.23 bits per heavy atom. The lowest BCUT2D eigenvalue weighted by Crippen LogP contribution is -2.13. The zero-order valence-electron chi connectivity index (χ0n) is 11.4. The maximum absolute atomic E-state index is 12.3. The number of rotatable bonds is 3. The van der Waals surface area contributed by atoms with Gasteiger partial charge in [-0.05, 0) is 19.1 Å². The number of carbonyl (C=O) groups is 1. The quantitative estimate of drug-likeness (QED) is 0.622. The average Bonchev–Trinajstić information content (AvgIpc) is 3.20. The molecule has 0 radical (unpaired) electrons. The Bertz CT molecular complexity index is 962. The second-order valence-electron chi connectivity index (χ2n) is 4.63. The molecular weight excluding hydrogens is 320 g/mol. The normalized spacial score (nSPS) is 11.1. The fraction of sp³-hybridized carbons (Fsp3) is 0.0714. The van der Waals surface area contributed by atoms with Crippen LogP contribution in [0.5, 0.6) is 0 Å². The first-order chi connectivity index (χ1) is 10.7. The van der Waals surface area contributed by atoms with Gasteiger partial charge in [-0.2, -0.15) is 0 Å². The second kappa shape index (κ2) is 5.08. The van der Waals surface area contributed by atoms with Gasteiger partial charge in [0.05, 0.1) is 6.20 Å². The third-order valence-corrected chi connectivity index (χ3v) is 4.75. The zero-order chi connectivity index (χ0) is 15.1. The van der Waals surface area contributed by atoms with Gasteiger partial charge in [-0.3, -0.25) is 14.5 Å². The van der Waals surface area contributed by atoms with Crippen LogP contribution in [0.1, 0.15) is 16.2 Å². The summed E-state index contributed by atoms with van der Waals surface area (Å²) in [5, 5.41) is 7.00. The topological polar surface area (TPSA) is 72.4 Å². The molecule has 4 rings (SSSR count). The molecule has 0 aromatic carbocycles. The van der Waals surface area contributed by atoms with Crippen LogP contribution in [0.25, 0.3) is 16.3 Å². The molecule has 0 aliphatic rings. The van der Waals surface area contributed by atoms with Crippen LogP contribution < -0.4 is 5.32 Å². The van der Waals surface area contributed by atoms with E-state index >= 15 is 0 Å². The molecule has 6 nitrogen and oxygen atoms in total. The Hall–Kier alpha value is -2.45. The Balaban J connectivity index is 1.58. The molecule has 22 heavy (non-hydrogen) atoms. The molecule has 0 spiro atoms. The fourth-order valence-electron chi connectivity index (χ4n) is 2.06. The van der Waals surface area contributed by atoms with Crippen LogP contribution in [-0.4, -0.2) is 20.3 Å². The summed E-state index contributed by atoms with van der Waals surface area (Å²) in [7, 11) is 0. The van der Waals surface area contributed by atoms with Crippen molar-refractivity contribution in [1.29, 1.82) is 0 Å². The zero-order valence-corrected chi connectivity index (χ0v) is 13.1. The molecule has 0 unspecified atom stereocenters. The highest BCUT2D eigenvalue weighted by atomic mass is 32.1. The van der Waals surface area contributed by atoms with E-state index in [2.05, 4.69) is 15.3 Å². The number of aryl methyl sites for hydroxylation is 1. The fourth-order valence-corrected chi connectivity index (χ4v) is 3.59. The molecule has 0 bridgehead atoms. The molecule has 1 amide bonds. The Morgan fingerprint density at radius 1 is 1.32 bits per heavy atom. The molecule has 0 saturated carbocycles. The van der Waals surface area contributed by atoms with E-state index in [4.69, 9.17) is 4.42 Å². The summed E-state index contributed by atoms with van der Waals surface area (Å²) in [5.74, 6) is 1.32. The summed E-state index contributed by atoms with van der Waals surface area (Å²) in [4.78, 5) is 21.7. The second-order valence-corrected chi connectivity index (χ2v) is 6.37. The van der Waals surface area contributed by atoms with Gasteiger partial charge in [0.15, 0.2) is 10.9 Å². The van der Waals surface area contributed by atoms with E-state index in [1.807, 2.05) is 24.4 Å². The number of amides is 1. The minimum atomic E-state index is -0.208. The minimum Gasteiger partial charge on any atom is -0.460 e. The number of carbonyl (C=O) groups excluding carboxylic acids is 1. The van der Waals surface area contributed by atoms with Crippen molar-refractivity contribution >= 4 is 38.5 Å². The molecule has 4 heterocycles. The van der Waals surface area contributed by atoms with Gasteiger partial charge in [0.1, 0.15) is 28.3 Å². The molecule has 110 valence electrons. The van der Waals surface area contributed by atoms with E-state index in [0.29, 0.717) is 22.3 Å². The minimum absolute atomic E-state index is 0.208. The Labute approximate surface area is 133 Å². The van der Waals surface area contributed by atoms with Crippen molar-refractivity contribution in [2.24, 2.45) is 0 Å². The van der Waals surface area contributed by atoms with Gasteiger partial charge in [0.2, 0.25) is 0 Å². The first kappa shape index (κ1) is 13.2. The highest BCUT2D eigenvalue weighted by molar-refractivity contribution is 7.16. The molecule has 1 N–H and O–H groups in total. The van der Waals surface area contributed by atoms with Crippen LogP contribution in [0.2, 0.25) is 0 Å². The average molecular weight is 330 g/mol. The van der Waals surface area contributed by atoms with E-state index in [1.165, 1.54) is 22.7 Å². The lowest BCUT2D eigenvalue weighted by molar-refractivity contribution is 0.102. The van der Waals surface area contributed by atoms with Gasteiger partial charge in [-0.15, -0.1) is 22.7 Å². The van der Waals surface area contributed by atoms with Crippen molar-refractivity contribution < 1.29 is 9.21 Å². The number of imidazole rings is 1.